The monoisotopic (exact) mass is 491 g/mol. The number of anilines is 1. The van der Waals surface area contributed by atoms with E-state index in [1.165, 1.54) is 49.6 Å². The zero-order valence-corrected chi connectivity index (χ0v) is 20.0. The highest BCUT2D eigenvalue weighted by Gasteiger charge is 2.25. The van der Waals surface area contributed by atoms with E-state index in [-0.39, 0.29) is 4.90 Å². The van der Waals surface area contributed by atoms with Gasteiger partial charge in [0.2, 0.25) is 10.0 Å². The van der Waals surface area contributed by atoms with Gasteiger partial charge >= 0.3 is 5.97 Å². The SMILES string of the molecule is COc1ccc(S(=O)(=O)NC(C)C(=O)OCC(=O)Nc2sc3c(c2C#N)CCCCC3)cc1. The molecule has 1 unspecified atom stereocenters. The Morgan fingerprint density at radius 1 is 1.18 bits per heavy atom. The number of amides is 1. The number of fused-ring (bicyclic) bond motifs is 1. The van der Waals surface area contributed by atoms with Crippen molar-refractivity contribution in [2.75, 3.05) is 19.0 Å². The molecule has 9 nitrogen and oxygen atoms in total. The van der Waals surface area contributed by atoms with Crippen LogP contribution in [0.5, 0.6) is 5.75 Å². The first-order valence-electron chi connectivity index (χ1n) is 10.4. The van der Waals surface area contributed by atoms with Gasteiger partial charge in [-0.2, -0.15) is 9.98 Å². The number of esters is 1. The fourth-order valence-electron chi connectivity index (χ4n) is 3.48. The van der Waals surface area contributed by atoms with Gasteiger partial charge in [-0.3, -0.25) is 9.59 Å². The summed E-state index contributed by atoms with van der Waals surface area (Å²) >= 11 is 1.38. The summed E-state index contributed by atoms with van der Waals surface area (Å²) in [5.74, 6) is -1.000. The number of nitriles is 1. The average molecular weight is 492 g/mol. The van der Waals surface area contributed by atoms with Gasteiger partial charge in [-0.25, -0.2) is 8.42 Å². The molecule has 1 aliphatic carbocycles. The van der Waals surface area contributed by atoms with Crippen molar-refractivity contribution < 1.29 is 27.5 Å². The second-order valence-electron chi connectivity index (χ2n) is 7.55. The molecule has 3 rings (SSSR count). The quantitative estimate of drug-likeness (QED) is 0.428. The fourth-order valence-corrected chi connectivity index (χ4v) is 5.93. The molecule has 0 aliphatic heterocycles. The minimum atomic E-state index is -3.97. The summed E-state index contributed by atoms with van der Waals surface area (Å²) in [7, 11) is -2.51. The minimum absolute atomic E-state index is 0.0396. The van der Waals surface area contributed by atoms with E-state index in [1.807, 2.05) is 0 Å². The van der Waals surface area contributed by atoms with Crippen molar-refractivity contribution in [1.29, 1.82) is 5.26 Å². The number of hydrogen-bond donors (Lipinski definition) is 2. The Labute approximate surface area is 196 Å². The molecule has 0 saturated heterocycles. The van der Waals surface area contributed by atoms with Crippen LogP contribution in [0.4, 0.5) is 5.00 Å². The number of carbonyl (C=O) groups is 2. The maximum Gasteiger partial charge on any atom is 0.324 e. The number of methoxy groups -OCH3 is 1. The van der Waals surface area contributed by atoms with Gasteiger partial charge < -0.3 is 14.8 Å². The van der Waals surface area contributed by atoms with Crippen LogP contribution in [-0.4, -0.2) is 40.1 Å². The van der Waals surface area contributed by atoms with E-state index in [9.17, 15) is 23.3 Å². The first-order valence-corrected chi connectivity index (χ1v) is 12.7. The van der Waals surface area contributed by atoms with E-state index < -0.39 is 34.5 Å². The van der Waals surface area contributed by atoms with Crippen molar-refractivity contribution in [3.05, 3.63) is 40.3 Å². The normalized spacial score (nSPS) is 14.3. The van der Waals surface area contributed by atoms with Gasteiger partial charge in [0.1, 0.15) is 22.9 Å². The Kier molecular flexibility index (Phi) is 8.07. The highest BCUT2D eigenvalue weighted by molar-refractivity contribution is 7.89. The molecule has 0 radical (unpaired) electrons. The molecule has 11 heteroatoms. The number of benzene rings is 1. The molecule has 2 N–H and O–H groups in total. The average Bonchev–Trinajstić information content (AvgIpc) is 2.95. The van der Waals surface area contributed by atoms with E-state index in [4.69, 9.17) is 9.47 Å². The third-order valence-corrected chi connectivity index (χ3v) is 7.95. The molecule has 0 bridgehead atoms. The zero-order chi connectivity index (χ0) is 24.0. The number of nitrogens with one attached hydrogen (secondary N) is 2. The predicted octanol–water partition coefficient (Wildman–Crippen LogP) is 2.75. The molecule has 1 aromatic carbocycles. The Bertz CT molecular complexity index is 1170. The maximum absolute atomic E-state index is 12.4. The Morgan fingerprint density at radius 2 is 1.88 bits per heavy atom. The lowest BCUT2D eigenvalue weighted by Crippen LogP contribution is -2.40. The molecule has 1 aliphatic rings. The fraction of sp³-hybridized carbons (Fsp3) is 0.409. The predicted molar refractivity (Wildman–Crippen MR) is 123 cm³/mol. The Hall–Kier alpha value is -2.94. The van der Waals surface area contributed by atoms with Crippen LogP contribution < -0.4 is 14.8 Å². The zero-order valence-electron chi connectivity index (χ0n) is 18.3. The van der Waals surface area contributed by atoms with Crippen molar-refractivity contribution in [2.45, 2.75) is 50.0 Å². The first-order chi connectivity index (χ1) is 15.7. The van der Waals surface area contributed by atoms with E-state index in [2.05, 4.69) is 16.1 Å². The number of aryl methyl sites for hydroxylation is 1. The molecule has 0 saturated carbocycles. The van der Waals surface area contributed by atoms with Gasteiger partial charge in [0.25, 0.3) is 5.91 Å². The summed E-state index contributed by atoms with van der Waals surface area (Å²) in [5, 5.41) is 12.6. The van der Waals surface area contributed by atoms with Crippen LogP contribution in [0.15, 0.2) is 29.2 Å². The van der Waals surface area contributed by atoms with Crippen molar-refractivity contribution >= 4 is 38.2 Å². The summed E-state index contributed by atoms with van der Waals surface area (Å²) in [4.78, 5) is 25.6. The molecule has 0 fully saturated rings. The lowest BCUT2D eigenvalue weighted by atomic mass is 10.1. The summed E-state index contributed by atoms with van der Waals surface area (Å²) in [6.45, 7) is 0.728. The van der Waals surface area contributed by atoms with E-state index in [0.29, 0.717) is 16.3 Å². The van der Waals surface area contributed by atoms with Gasteiger partial charge in [0.15, 0.2) is 6.61 Å². The number of nitrogens with zero attached hydrogens (tertiary/aromatic N) is 1. The van der Waals surface area contributed by atoms with Gasteiger partial charge in [-0.1, -0.05) is 6.42 Å². The van der Waals surface area contributed by atoms with Crippen LogP contribution >= 0.6 is 11.3 Å². The lowest BCUT2D eigenvalue weighted by molar-refractivity contribution is -0.148. The number of hydrogen-bond acceptors (Lipinski definition) is 8. The largest absolute Gasteiger partial charge is 0.497 e. The van der Waals surface area contributed by atoms with Crippen LogP contribution in [0.2, 0.25) is 0 Å². The number of rotatable bonds is 8. The minimum Gasteiger partial charge on any atom is -0.497 e. The maximum atomic E-state index is 12.4. The van der Waals surface area contributed by atoms with Crippen LogP contribution in [0.1, 0.15) is 42.2 Å². The van der Waals surface area contributed by atoms with E-state index >= 15 is 0 Å². The van der Waals surface area contributed by atoms with Crippen LogP contribution in [0.25, 0.3) is 0 Å². The molecular weight excluding hydrogens is 466 g/mol. The van der Waals surface area contributed by atoms with Gasteiger partial charge in [-0.15, -0.1) is 11.3 Å². The van der Waals surface area contributed by atoms with E-state index in [1.54, 1.807) is 0 Å². The van der Waals surface area contributed by atoms with Crippen molar-refractivity contribution in [3.63, 3.8) is 0 Å². The highest BCUT2D eigenvalue weighted by Crippen LogP contribution is 2.36. The summed E-state index contributed by atoms with van der Waals surface area (Å²) in [5.41, 5.74) is 1.46. The first kappa shape index (κ1) is 24.7. The molecule has 176 valence electrons. The van der Waals surface area contributed by atoms with Crippen LogP contribution in [-0.2, 0) is 37.2 Å². The number of thiophene rings is 1. The highest BCUT2D eigenvalue weighted by atomic mass is 32.2. The topological polar surface area (TPSA) is 135 Å². The number of sulfonamides is 1. The van der Waals surface area contributed by atoms with Crippen molar-refractivity contribution in [3.8, 4) is 11.8 Å². The number of carbonyl (C=O) groups excluding carboxylic acids is 2. The molecule has 1 heterocycles. The Balaban J connectivity index is 1.56. The molecule has 33 heavy (non-hydrogen) atoms. The van der Waals surface area contributed by atoms with Gasteiger partial charge in [0, 0.05) is 4.88 Å². The van der Waals surface area contributed by atoms with Gasteiger partial charge in [-0.05, 0) is 62.4 Å². The summed E-state index contributed by atoms with van der Waals surface area (Å²) in [6, 6.07) is 6.63. The van der Waals surface area contributed by atoms with Crippen molar-refractivity contribution in [2.24, 2.45) is 0 Å². The van der Waals surface area contributed by atoms with E-state index in [0.717, 1.165) is 42.5 Å². The van der Waals surface area contributed by atoms with Crippen molar-refractivity contribution in [1.82, 2.24) is 4.72 Å². The second-order valence-corrected chi connectivity index (χ2v) is 10.4. The lowest BCUT2D eigenvalue weighted by Gasteiger charge is -2.14. The third-order valence-electron chi connectivity index (χ3n) is 5.19. The Morgan fingerprint density at radius 3 is 2.55 bits per heavy atom. The van der Waals surface area contributed by atoms with Crippen LogP contribution in [0, 0.1) is 11.3 Å². The van der Waals surface area contributed by atoms with Crippen LogP contribution in [0.3, 0.4) is 0 Å². The van der Waals surface area contributed by atoms with Gasteiger partial charge in [0.05, 0.1) is 17.6 Å². The molecule has 1 aromatic heterocycles. The molecular formula is C22H25N3O6S2. The standard InChI is InChI=1S/C22H25N3O6S2/c1-14(25-33(28,29)16-10-8-15(30-2)9-11-16)22(27)31-13-20(26)24-21-18(12-23)17-6-4-3-5-7-19(17)32-21/h8-11,14,25H,3-7,13H2,1-2H3,(H,24,26). The molecule has 2 aromatic rings. The summed E-state index contributed by atoms with van der Waals surface area (Å²) < 4.78 is 37.1. The third kappa shape index (κ3) is 6.10. The molecule has 0 spiro atoms. The number of ether oxygens (including phenoxy) is 2. The smallest absolute Gasteiger partial charge is 0.324 e. The molecule has 1 amide bonds. The second kappa shape index (κ2) is 10.8. The summed E-state index contributed by atoms with van der Waals surface area (Å²) in [6.07, 6.45) is 4.86. The molecule has 1 atom stereocenters.